The molecule has 2 heteroatoms. The zero-order chi connectivity index (χ0) is 8.54. The van der Waals surface area contributed by atoms with Crippen LogP contribution in [0, 0.1) is 5.41 Å². The Hall–Kier alpha value is -0.0800. The van der Waals surface area contributed by atoms with Crippen molar-refractivity contribution in [3.63, 3.8) is 0 Å². The summed E-state index contributed by atoms with van der Waals surface area (Å²) in [5.74, 6) is 0. The third-order valence-corrected chi connectivity index (χ3v) is 2.08. The lowest BCUT2D eigenvalue weighted by Crippen LogP contribution is -2.35. The quantitative estimate of drug-likeness (QED) is 0.598. The average Bonchev–Trinajstić information content (AvgIpc) is 2.09. The summed E-state index contributed by atoms with van der Waals surface area (Å²) in [6.45, 7) is 8.24. The Bertz CT molecular complexity index is 131. The van der Waals surface area contributed by atoms with Gasteiger partial charge >= 0.3 is 0 Å². The summed E-state index contributed by atoms with van der Waals surface area (Å²) in [7, 11) is 0. The molecule has 2 N–H and O–H groups in total. The zero-order valence-electron chi connectivity index (χ0n) is 7.78. The van der Waals surface area contributed by atoms with Gasteiger partial charge in [0.05, 0.1) is 5.60 Å². The van der Waals surface area contributed by atoms with E-state index < -0.39 is 5.60 Å². The van der Waals surface area contributed by atoms with Gasteiger partial charge in [-0.2, -0.15) is 0 Å². The maximum absolute atomic E-state index is 9.96. The van der Waals surface area contributed by atoms with Gasteiger partial charge in [-0.05, 0) is 24.8 Å². The van der Waals surface area contributed by atoms with Crippen LogP contribution in [0.15, 0.2) is 0 Å². The van der Waals surface area contributed by atoms with Gasteiger partial charge in [0, 0.05) is 6.54 Å². The molecule has 0 spiro atoms. The van der Waals surface area contributed by atoms with Crippen LogP contribution in [-0.4, -0.2) is 23.8 Å². The molecule has 0 aliphatic carbocycles. The summed E-state index contributed by atoms with van der Waals surface area (Å²) in [4.78, 5) is 0. The van der Waals surface area contributed by atoms with Gasteiger partial charge in [-0.25, -0.2) is 0 Å². The Morgan fingerprint density at radius 3 is 2.45 bits per heavy atom. The molecule has 1 saturated heterocycles. The van der Waals surface area contributed by atoms with Gasteiger partial charge in [0.25, 0.3) is 0 Å². The third kappa shape index (κ3) is 2.80. The van der Waals surface area contributed by atoms with Crippen molar-refractivity contribution in [1.29, 1.82) is 0 Å². The molecule has 11 heavy (non-hydrogen) atoms. The number of aliphatic hydroxyl groups is 1. The second kappa shape index (κ2) is 2.76. The molecule has 66 valence electrons. The lowest BCUT2D eigenvalue weighted by atomic mass is 9.81. The van der Waals surface area contributed by atoms with Gasteiger partial charge < -0.3 is 10.4 Å². The van der Waals surface area contributed by atoms with Crippen molar-refractivity contribution in [1.82, 2.24) is 5.32 Å². The van der Waals surface area contributed by atoms with Crippen molar-refractivity contribution in [2.45, 2.75) is 39.2 Å². The zero-order valence-corrected chi connectivity index (χ0v) is 7.78. The molecule has 0 bridgehead atoms. The van der Waals surface area contributed by atoms with E-state index in [0.717, 1.165) is 25.9 Å². The fourth-order valence-corrected chi connectivity index (χ4v) is 1.87. The molecule has 1 rings (SSSR count). The van der Waals surface area contributed by atoms with E-state index in [1.807, 2.05) is 0 Å². The summed E-state index contributed by atoms with van der Waals surface area (Å²) >= 11 is 0. The Morgan fingerprint density at radius 1 is 1.45 bits per heavy atom. The first kappa shape index (κ1) is 9.01. The summed E-state index contributed by atoms with van der Waals surface area (Å²) in [5.41, 5.74) is -0.195. The maximum Gasteiger partial charge on any atom is 0.0788 e. The van der Waals surface area contributed by atoms with E-state index in [0.29, 0.717) is 0 Å². The Labute approximate surface area is 69.0 Å². The number of hydrogen-bond acceptors (Lipinski definition) is 2. The molecule has 0 aromatic rings. The molecule has 1 unspecified atom stereocenters. The van der Waals surface area contributed by atoms with E-state index in [4.69, 9.17) is 0 Å². The summed E-state index contributed by atoms with van der Waals surface area (Å²) in [5, 5.41) is 13.1. The van der Waals surface area contributed by atoms with E-state index in [1.165, 1.54) is 0 Å². The maximum atomic E-state index is 9.96. The Morgan fingerprint density at radius 2 is 2.09 bits per heavy atom. The molecule has 2 nitrogen and oxygen atoms in total. The molecule has 1 fully saturated rings. The predicted molar refractivity (Wildman–Crippen MR) is 46.5 cm³/mol. The molecule has 0 radical (unpaired) electrons. The van der Waals surface area contributed by atoms with Gasteiger partial charge in [-0.15, -0.1) is 0 Å². The van der Waals surface area contributed by atoms with Crippen LogP contribution in [0.3, 0.4) is 0 Å². The normalized spacial score (nSPS) is 32.7. The molecule has 1 aliphatic rings. The van der Waals surface area contributed by atoms with E-state index in [-0.39, 0.29) is 5.41 Å². The molecule has 0 saturated carbocycles. The number of rotatable bonds is 1. The van der Waals surface area contributed by atoms with Crippen LogP contribution >= 0.6 is 0 Å². The monoisotopic (exact) mass is 157 g/mol. The van der Waals surface area contributed by atoms with Crippen molar-refractivity contribution in [3.05, 3.63) is 0 Å². The lowest BCUT2D eigenvalue weighted by molar-refractivity contribution is 0.0205. The molecule has 1 atom stereocenters. The summed E-state index contributed by atoms with van der Waals surface area (Å²) in [6, 6.07) is 0. The van der Waals surface area contributed by atoms with E-state index in [1.54, 1.807) is 0 Å². The van der Waals surface area contributed by atoms with Crippen molar-refractivity contribution >= 4 is 0 Å². The van der Waals surface area contributed by atoms with Crippen LogP contribution in [-0.2, 0) is 0 Å². The standard InChI is InChI=1S/C9H19NO/c1-8(2,3)6-9(11)4-5-10-7-9/h10-11H,4-7H2,1-3H3. The largest absolute Gasteiger partial charge is 0.388 e. The fourth-order valence-electron chi connectivity index (χ4n) is 1.87. The minimum atomic E-state index is -0.432. The molecule has 0 aromatic carbocycles. The smallest absolute Gasteiger partial charge is 0.0788 e. The lowest BCUT2D eigenvalue weighted by Gasteiger charge is -2.29. The van der Waals surface area contributed by atoms with E-state index >= 15 is 0 Å². The highest BCUT2D eigenvalue weighted by Gasteiger charge is 2.34. The highest BCUT2D eigenvalue weighted by molar-refractivity contribution is 4.90. The predicted octanol–water partition coefficient (Wildman–Crippen LogP) is 1.15. The van der Waals surface area contributed by atoms with Crippen LogP contribution in [0.5, 0.6) is 0 Å². The van der Waals surface area contributed by atoms with Crippen LogP contribution < -0.4 is 5.32 Å². The average molecular weight is 157 g/mol. The highest BCUT2D eigenvalue weighted by atomic mass is 16.3. The summed E-state index contributed by atoms with van der Waals surface area (Å²) in [6.07, 6.45) is 1.80. The van der Waals surface area contributed by atoms with Crippen molar-refractivity contribution in [2.75, 3.05) is 13.1 Å². The van der Waals surface area contributed by atoms with Crippen molar-refractivity contribution < 1.29 is 5.11 Å². The first-order valence-electron chi connectivity index (χ1n) is 4.34. The number of β-amino-alcohol motifs (C(OH)–C–C–N with tert-alkyl or cyclic N) is 1. The van der Waals surface area contributed by atoms with E-state index in [9.17, 15) is 5.11 Å². The van der Waals surface area contributed by atoms with Crippen LogP contribution in [0.1, 0.15) is 33.6 Å². The SMILES string of the molecule is CC(C)(C)CC1(O)CCNC1. The number of nitrogens with one attached hydrogen (secondary N) is 1. The van der Waals surface area contributed by atoms with Crippen LogP contribution in [0.25, 0.3) is 0 Å². The molecule has 0 aromatic heterocycles. The van der Waals surface area contributed by atoms with Crippen LogP contribution in [0.2, 0.25) is 0 Å². The third-order valence-electron chi connectivity index (χ3n) is 2.08. The molecular formula is C9H19NO. The highest BCUT2D eigenvalue weighted by Crippen LogP contribution is 2.30. The van der Waals surface area contributed by atoms with Gasteiger partial charge in [0.1, 0.15) is 0 Å². The molecule has 1 aliphatic heterocycles. The first-order valence-corrected chi connectivity index (χ1v) is 4.34. The minimum Gasteiger partial charge on any atom is -0.388 e. The fraction of sp³-hybridized carbons (Fsp3) is 1.00. The van der Waals surface area contributed by atoms with Gasteiger partial charge in [-0.1, -0.05) is 20.8 Å². The van der Waals surface area contributed by atoms with Crippen molar-refractivity contribution in [3.8, 4) is 0 Å². The topological polar surface area (TPSA) is 32.3 Å². The molecule has 0 amide bonds. The van der Waals surface area contributed by atoms with Gasteiger partial charge in [0.15, 0.2) is 0 Å². The van der Waals surface area contributed by atoms with Crippen molar-refractivity contribution in [2.24, 2.45) is 5.41 Å². The Kier molecular flexibility index (Phi) is 2.26. The van der Waals surface area contributed by atoms with Gasteiger partial charge in [0.2, 0.25) is 0 Å². The molecule has 1 heterocycles. The Balaban J connectivity index is 2.46. The number of hydrogen-bond donors (Lipinski definition) is 2. The second-order valence-electron chi connectivity index (χ2n) is 4.89. The van der Waals surface area contributed by atoms with Crippen LogP contribution in [0.4, 0.5) is 0 Å². The summed E-state index contributed by atoms with van der Waals surface area (Å²) < 4.78 is 0. The molecular weight excluding hydrogens is 138 g/mol. The first-order chi connectivity index (χ1) is 4.91. The van der Waals surface area contributed by atoms with E-state index in [2.05, 4.69) is 26.1 Å². The second-order valence-corrected chi connectivity index (χ2v) is 4.89. The van der Waals surface area contributed by atoms with Gasteiger partial charge in [-0.3, -0.25) is 0 Å². The minimum absolute atomic E-state index is 0.237.